The van der Waals surface area contributed by atoms with Crippen LogP contribution in [0.5, 0.6) is 5.75 Å². The molecule has 0 amide bonds. The van der Waals surface area contributed by atoms with Crippen LogP contribution >= 0.6 is 0 Å². The number of nitrogens with zero attached hydrogens (tertiary/aromatic N) is 4. The largest absolute Gasteiger partial charge is 0.497 e. The van der Waals surface area contributed by atoms with Crippen molar-refractivity contribution < 1.29 is 14.4 Å². The summed E-state index contributed by atoms with van der Waals surface area (Å²) in [6.07, 6.45) is 4.01. The van der Waals surface area contributed by atoms with E-state index in [4.69, 9.17) is 9.26 Å². The van der Waals surface area contributed by atoms with Crippen LogP contribution in [0.1, 0.15) is 17.0 Å². The van der Waals surface area contributed by atoms with E-state index < -0.39 is 0 Å². The number of aliphatic hydroxyl groups is 1. The Morgan fingerprint density at radius 2 is 2.19 bits per heavy atom. The maximum absolute atomic E-state index is 10.5. The highest BCUT2D eigenvalue weighted by atomic mass is 16.5. The summed E-state index contributed by atoms with van der Waals surface area (Å²) in [5.74, 6) is 1.78. The molecule has 0 unspecified atom stereocenters. The van der Waals surface area contributed by atoms with Gasteiger partial charge in [0.1, 0.15) is 11.5 Å². The normalized spacial score (nSPS) is 20.3. The summed E-state index contributed by atoms with van der Waals surface area (Å²) in [6.45, 7) is 4.06. The van der Waals surface area contributed by atoms with Crippen LogP contribution in [0.15, 0.2) is 47.2 Å². The number of ether oxygens (including phenoxy) is 1. The third kappa shape index (κ3) is 3.89. The van der Waals surface area contributed by atoms with Crippen LogP contribution in [0.25, 0.3) is 5.69 Å². The van der Waals surface area contributed by atoms with E-state index in [1.807, 2.05) is 48.1 Å². The van der Waals surface area contributed by atoms with E-state index in [0.717, 1.165) is 41.5 Å². The lowest BCUT2D eigenvalue weighted by molar-refractivity contribution is 0.137. The molecule has 0 bridgehead atoms. The Morgan fingerprint density at radius 3 is 2.89 bits per heavy atom. The van der Waals surface area contributed by atoms with Gasteiger partial charge in [0.2, 0.25) is 0 Å². The van der Waals surface area contributed by atoms with Crippen LogP contribution in [0.3, 0.4) is 0 Å². The van der Waals surface area contributed by atoms with Gasteiger partial charge in [-0.2, -0.15) is 5.10 Å². The van der Waals surface area contributed by atoms with Crippen molar-refractivity contribution in [3.63, 3.8) is 0 Å². The van der Waals surface area contributed by atoms with Crippen LogP contribution in [0.2, 0.25) is 0 Å². The van der Waals surface area contributed by atoms with E-state index in [-0.39, 0.29) is 12.0 Å². The number of rotatable bonds is 6. The number of benzene rings is 1. The fourth-order valence-corrected chi connectivity index (χ4v) is 3.73. The van der Waals surface area contributed by atoms with Gasteiger partial charge in [-0.1, -0.05) is 5.16 Å². The molecule has 0 aliphatic carbocycles. The van der Waals surface area contributed by atoms with Gasteiger partial charge >= 0.3 is 0 Å². The second-order valence-electron chi connectivity index (χ2n) is 7.11. The van der Waals surface area contributed by atoms with Gasteiger partial charge in [-0.15, -0.1) is 0 Å². The lowest BCUT2D eigenvalue weighted by Gasteiger charge is -2.19. The minimum absolute atomic E-state index is 0.135. The number of likely N-dealkylation sites (tertiary alicyclic amines) is 1. The van der Waals surface area contributed by atoms with Crippen molar-refractivity contribution in [3.05, 3.63) is 59.7 Å². The first kappa shape index (κ1) is 17.8. The topological polar surface area (TPSA) is 76.5 Å². The molecule has 3 aromatic rings. The fraction of sp³-hybridized carbons (Fsp3) is 0.400. The monoisotopic (exact) mass is 368 g/mol. The highest BCUT2D eigenvalue weighted by Gasteiger charge is 2.32. The highest BCUT2D eigenvalue weighted by Crippen LogP contribution is 2.27. The van der Waals surface area contributed by atoms with Crippen LogP contribution in [-0.4, -0.2) is 51.2 Å². The molecule has 4 rings (SSSR count). The zero-order chi connectivity index (χ0) is 18.8. The molecular formula is C20H24N4O3. The molecule has 0 radical (unpaired) electrons. The van der Waals surface area contributed by atoms with Crippen LogP contribution in [0.4, 0.5) is 0 Å². The first-order valence-electron chi connectivity index (χ1n) is 9.12. The molecule has 27 heavy (non-hydrogen) atoms. The minimum Gasteiger partial charge on any atom is -0.497 e. The Morgan fingerprint density at radius 1 is 1.30 bits per heavy atom. The molecule has 1 aliphatic rings. The van der Waals surface area contributed by atoms with Crippen LogP contribution < -0.4 is 4.74 Å². The molecule has 1 aromatic carbocycles. The SMILES string of the molecule is COc1ccc(-n2cccn2)c(CN2C[C@@H](Cc3cc(C)no3)[C@H](O)C2)c1. The second-order valence-corrected chi connectivity index (χ2v) is 7.11. The van der Waals surface area contributed by atoms with E-state index in [9.17, 15) is 5.11 Å². The molecule has 2 atom stereocenters. The molecule has 0 saturated carbocycles. The summed E-state index contributed by atoms with van der Waals surface area (Å²) in [7, 11) is 1.67. The molecule has 0 spiro atoms. The molecule has 2 aromatic heterocycles. The number of aryl methyl sites for hydroxylation is 1. The zero-order valence-corrected chi connectivity index (χ0v) is 15.6. The Labute approximate surface area is 158 Å². The van der Waals surface area contributed by atoms with Crippen molar-refractivity contribution in [2.24, 2.45) is 5.92 Å². The van der Waals surface area contributed by atoms with Gasteiger partial charge in [0.15, 0.2) is 0 Å². The summed E-state index contributed by atoms with van der Waals surface area (Å²) in [4.78, 5) is 2.26. The van der Waals surface area contributed by atoms with E-state index in [1.165, 1.54) is 0 Å². The molecule has 142 valence electrons. The zero-order valence-electron chi connectivity index (χ0n) is 15.6. The Bertz CT molecular complexity index is 891. The highest BCUT2D eigenvalue weighted by molar-refractivity contribution is 5.45. The van der Waals surface area contributed by atoms with Crippen molar-refractivity contribution in [2.45, 2.75) is 26.0 Å². The van der Waals surface area contributed by atoms with E-state index >= 15 is 0 Å². The summed E-state index contributed by atoms with van der Waals surface area (Å²) in [5.41, 5.74) is 3.00. The van der Waals surface area contributed by atoms with Gasteiger partial charge in [0.05, 0.1) is 24.6 Å². The predicted octanol–water partition coefficient (Wildman–Crippen LogP) is 2.21. The van der Waals surface area contributed by atoms with Gasteiger partial charge in [0.25, 0.3) is 0 Å². The Hall–Kier alpha value is -2.64. The second kappa shape index (κ2) is 7.54. The van der Waals surface area contributed by atoms with Gasteiger partial charge < -0.3 is 14.4 Å². The number of hydrogen-bond donors (Lipinski definition) is 1. The molecule has 3 heterocycles. The van der Waals surface area contributed by atoms with Crippen molar-refractivity contribution in [1.29, 1.82) is 0 Å². The summed E-state index contributed by atoms with van der Waals surface area (Å²) < 4.78 is 12.6. The number of β-amino-alcohol motifs (C(OH)–C–C–N with tert-alkyl or cyclic N) is 1. The average Bonchev–Trinajstić information content (AvgIpc) is 3.39. The van der Waals surface area contributed by atoms with Crippen molar-refractivity contribution in [1.82, 2.24) is 19.8 Å². The standard InChI is InChI=1S/C20H24N4O3/c1-14-8-18(27-22-14)10-16-12-23(13-20(16)25)11-15-9-17(26-2)4-5-19(15)24-7-3-6-21-24/h3-9,16,20,25H,10-13H2,1-2H3/t16-,20-/m1/s1. The van der Waals surface area contributed by atoms with Gasteiger partial charge in [-0.3, -0.25) is 4.90 Å². The molecule has 7 nitrogen and oxygen atoms in total. The van der Waals surface area contributed by atoms with Crippen LogP contribution in [-0.2, 0) is 13.0 Å². The van der Waals surface area contributed by atoms with E-state index in [2.05, 4.69) is 15.2 Å². The molecular weight excluding hydrogens is 344 g/mol. The summed E-state index contributed by atoms with van der Waals surface area (Å²) in [6, 6.07) is 9.84. The predicted molar refractivity (Wildman–Crippen MR) is 99.8 cm³/mol. The minimum atomic E-state index is -0.380. The average molecular weight is 368 g/mol. The number of hydrogen-bond acceptors (Lipinski definition) is 6. The summed E-state index contributed by atoms with van der Waals surface area (Å²) in [5, 5.41) is 18.8. The first-order chi connectivity index (χ1) is 13.1. The quantitative estimate of drug-likeness (QED) is 0.719. The van der Waals surface area contributed by atoms with E-state index in [1.54, 1.807) is 13.3 Å². The number of aliphatic hydroxyl groups excluding tert-OH is 1. The molecule has 1 N–H and O–H groups in total. The summed E-state index contributed by atoms with van der Waals surface area (Å²) >= 11 is 0. The van der Waals surface area contributed by atoms with Gasteiger partial charge in [-0.25, -0.2) is 4.68 Å². The molecule has 1 fully saturated rings. The lowest BCUT2D eigenvalue weighted by Crippen LogP contribution is -2.22. The lowest BCUT2D eigenvalue weighted by atomic mass is 10.0. The Kier molecular flexibility index (Phi) is 4.96. The molecule has 7 heteroatoms. The number of methoxy groups -OCH3 is 1. The smallest absolute Gasteiger partial charge is 0.137 e. The van der Waals surface area contributed by atoms with Crippen LogP contribution in [0, 0.1) is 12.8 Å². The van der Waals surface area contributed by atoms with Crippen molar-refractivity contribution in [2.75, 3.05) is 20.2 Å². The van der Waals surface area contributed by atoms with E-state index in [0.29, 0.717) is 13.0 Å². The van der Waals surface area contributed by atoms with Crippen molar-refractivity contribution in [3.8, 4) is 11.4 Å². The molecule has 1 saturated heterocycles. The third-order valence-corrected chi connectivity index (χ3v) is 5.05. The van der Waals surface area contributed by atoms with Crippen molar-refractivity contribution >= 4 is 0 Å². The van der Waals surface area contributed by atoms with Gasteiger partial charge in [0, 0.05) is 50.4 Å². The number of aromatic nitrogens is 3. The fourth-order valence-electron chi connectivity index (χ4n) is 3.73. The Balaban J connectivity index is 1.50. The maximum Gasteiger partial charge on any atom is 0.137 e. The molecule has 1 aliphatic heterocycles. The van der Waals surface area contributed by atoms with Gasteiger partial charge in [-0.05, 0) is 36.8 Å². The maximum atomic E-state index is 10.5. The first-order valence-corrected chi connectivity index (χ1v) is 9.12. The third-order valence-electron chi connectivity index (χ3n) is 5.05.